The lowest BCUT2D eigenvalue weighted by Gasteiger charge is -2.22. The van der Waals surface area contributed by atoms with E-state index in [-0.39, 0.29) is 16.7 Å². The van der Waals surface area contributed by atoms with Crippen molar-refractivity contribution in [2.24, 2.45) is 10.3 Å². The molecule has 1 fully saturated rings. The number of rotatable bonds is 5. The number of nitrogens with zero attached hydrogens (tertiary/aromatic N) is 1. The molecule has 0 atom stereocenters. The van der Waals surface area contributed by atoms with E-state index in [1.165, 1.54) is 17.4 Å². The molecular formula is C20H25N3O3S2. The van der Waals surface area contributed by atoms with E-state index in [4.69, 9.17) is 0 Å². The molecule has 1 aliphatic rings. The van der Waals surface area contributed by atoms with Gasteiger partial charge in [0, 0.05) is 22.2 Å². The number of hydrogen-bond donors (Lipinski definition) is 2. The maximum Gasteiger partial charge on any atom is 0.282 e. The summed E-state index contributed by atoms with van der Waals surface area (Å²) < 4.78 is 29.5. The van der Waals surface area contributed by atoms with Crippen molar-refractivity contribution in [3.8, 4) is 0 Å². The predicted octanol–water partition coefficient (Wildman–Crippen LogP) is 3.77. The number of benzene rings is 1. The molecule has 1 aliphatic heterocycles. The quantitative estimate of drug-likeness (QED) is 0.722. The predicted molar refractivity (Wildman–Crippen MR) is 114 cm³/mol. The summed E-state index contributed by atoms with van der Waals surface area (Å²) in [5.41, 5.74) is 2.55. The van der Waals surface area contributed by atoms with Crippen molar-refractivity contribution in [1.82, 2.24) is 5.32 Å². The van der Waals surface area contributed by atoms with Gasteiger partial charge in [-0.05, 0) is 81.9 Å². The molecule has 0 spiro atoms. The molecule has 0 radical (unpaired) electrons. The molecule has 150 valence electrons. The number of aryl methyl sites for hydroxylation is 2. The van der Waals surface area contributed by atoms with Gasteiger partial charge in [0.2, 0.25) is 0 Å². The molecule has 1 aromatic carbocycles. The van der Waals surface area contributed by atoms with Crippen LogP contribution < -0.4 is 10.6 Å². The molecule has 2 heterocycles. The van der Waals surface area contributed by atoms with Crippen LogP contribution in [0.15, 0.2) is 38.9 Å². The molecule has 1 amide bonds. The fraction of sp³-hybridized carbons (Fsp3) is 0.400. The Kier molecular flexibility index (Phi) is 6.32. The largest absolute Gasteiger partial charge is 0.322 e. The Morgan fingerprint density at radius 1 is 1.21 bits per heavy atom. The Morgan fingerprint density at radius 2 is 1.93 bits per heavy atom. The second-order valence-corrected chi connectivity index (χ2v) is 9.78. The third kappa shape index (κ3) is 4.68. The molecule has 6 nitrogen and oxygen atoms in total. The Balaban J connectivity index is 1.79. The zero-order valence-corrected chi connectivity index (χ0v) is 17.9. The number of hydrogen-bond acceptors (Lipinski definition) is 5. The average molecular weight is 420 g/mol. The molecule has 3 rings (SSSR count). The lowest BCUT2D eigenvalue weighted by molar-refractivity contribution is 0.102. The van der Waals surface area contributed by atoms with Gasteiger partial charge in [0.1, 0.15) is 0 Å². The first-order valence-electron chi connectivity index (χ1n) is 9.26. The van der Waals surface area contributed by atoms with Crippen LogP contribution in [0.5, 0.6) is 0 Å². The zero-order valence-electron chi connectivity index (χ0n) is 16.3. The summed E-state index contributed by atoms with van der Waals surface area (Å²) in [7, 11) is -3.77. The molecule has 1 aromatic heterocycles. The molecule has 0 aliphatic carbocycles. The van der Waals surface area contributed by atoms with E-state index in [1.54, 1.807) is 32.0 Å². The first-order chi connectivity index (χ1) is 13.3. The van der Waals surface area contributed by atoms with Crippen molar-refractivity contribution < 1.29 is 13.2 Å². The molecule has 0 bridgehead atoms. The smallest absolute Gasteiger partial charge is 0.282 e. The number of nitrogens with one attached hydrogen (secondary N) is 2. The van der Waals surface area contributed by atoms with Crippen LogP contribution >= 0.6 is 11.3 Å². The molecule has 2 aromatic rings. The monoisotopic (exact) mass is 419 g/mol. The first kappa shape index (κ1) is 20.7. The number of carbonyl (C=O) groups excluding carboxylic acids is 1. The first-order valence-corrected chi connectivity index (χ1v) is 11.6. The Morgan fingerprint density at radius 3 is 2.54 bits per heavy atom. The van der Waals surface area contributed by atoms with Crippen LogP contribution in [0.2, 0.25) is 0 Å². The fourth-order valence-electron chi connectivity index (χ4n) is 3.30. The average Bonchev–Trinajstić information content (AvgIpc) is 3.09. The molecule has 0 unspecified atom stereocenters. The van der Waals surface area contributed by atoms with Gasteiger partial charge in [-0.15, -0.1) is 11.3 Å². The number of amides is 1. The van der Waals surface area contributed by atoms with Crippen LogP contribution in [0, 0.1) is 19.8 Å². The molecule has 28 heavy (non-hydrogen) atoms. The lowest BCUT2D eigenvalue weighted by atomic mass is 9.94. The van der Waals surface area contributed by atoms with Gasteiger partial charge in [-0.2, -0.15) is 12.8 Å². The molecule has 0 saturated carbocycles. The lowest BCUT2D eigenvalue weighted by Crippen LogP contribution is -2.31. The van der Waals surface area contributed by atoms with Crippen LogP contribution in [-0.2, 0) is 10.0 Å². The number of carbonyl (C=O) groups is 1. The summed E-state index contributed by atoms with van der Waals surface area (Å²) >= 11 is 1.51. The number of sulfonamides is 1. The minimum absolute atomic E-state index is 0.142. The Hall–Kier alpha value is -2.03. The molecule has 2 N–H and O–H groups in total. The van der Waals surface area contributed by atoms with Gasteiger partial charge in [-0.3, -0.25) is 4.79 Å². The number of anilines is 1. The Labute approximate surface area is 170 Å². The van der Waals surface area contributed by atoms with Crippen LogP contribution in [0.1, 0.15) is 40.6 Å². The minimum atomic E-state index is -3.77. The van der Waals surface area contributed by atoms with Crippen LogP contribution in [-0.4, -0.2) is 33.1 Å². The van der Waals surface area contributed by atoms with Crippen molar-refractivity contribution in [2.45, 2.75) is 38.5 Å². The van der Waals surface area contributed by atoms with Gasteiger partial charge < -0.3 is 10.6 Å². The highest BCUT2D eigenvalue weighted by Crippen LogP contribution is 2.24. The van der Waals surface area contributed by atoms with Crippen molar-refractivity contribution >= 4 is 38.7 Å². The summed E-state index contributed by atoms with van der Waals surface area (Å²) in [6.45, 7) is 7.23. The molecule has 8 heteroatoms. The van der Waals surface area contributed by atoms with Crippen molar-refractivity contribution in [2.75, 3.05) is 18.4 Å². The topological polar surface area (TPSA) is 87.6 Å². The van der Waals surface area contributed by atoms with E-state index in [0.29, 0.717) is 22.5 Å². The Bertz CT molecular complexity index is 1000. The summed E-state index contributed by atoms with van der Waals surface area (Å²) in [6, 6.07) is 6.46. The normalized spacial score (nSPS) is 16.2. The van der Waals surface area contributed by atoms with Gasteiger partial charge in [0.25, 0.3) is 15.9 Å². The van der Waals surface area contributed by atoms with E-state index >= 15 is 0 Å². The standard InChI is InChI=1S/C20H25N3O3S2/c1-13-12-17(28(25,26)23-14(2)16-6-9-21-10-7-16)4-5-19(13)22-20(24)18-8-11-27-15(18)3/h4-5,8,11-12,16,21H,6-7,9-10H2,1-3H3,(H,22,24)/b23-14-. The van der Waals surface area contributed by atoms with E-state index < -0.39 is 10.0 Å². The van der Waals surface area contributed by atoms with E-state index in [2.05, 4.69) is 15.0 Å². The van der Waals surface area contributed by atoms with Crippen molar-refractivity contribution in [3.63, 3.8) is 0 Å². The highest BCUT2D eigenvalue weighted by atomic mass is 32.2. The second-order valence-electron chi connectivity index (χ2n) is 7.05. The summed E-state index contributed by atoms with van der Waals surface area (Å²) in [6.07, 6.45) is 1.80. The van der Waals surface area contributed by atoms with E-state index in [1.807, 2.05) is 12.3 Å². The van der Waals surface area contributed by atoms with Crippen molar-refractivity contribution in [3.05, 3.63) is 45.6 Å². The number of thiophene rings is 1. The minimum Gasteiger partial charge on any atom is -0.322 e. The van der Waals surface area contributed by atoms with E-state index in [9.17, 15) is 13.2 Å². The highest BCUT2D eigenvalue weighted by Gasteiger charge is 2.21. The zero-order chi connectivity index (χ0) is 20.3. The van der Waals surface area contributed by atoms with Gasteiger partial charge in [0.05, 0.1) is 10.5 Å². The third-order valence-electron chi connectivity index (χ3n) is 5.04. The highest BCUT2D eigenvalue weighted by molar-refractivity contribution is 7.90. The van der Waals surface area contributed by atoms with Crippen LogP contribution in [0.4, 0.5) is 5.69 Å². The van der Waals surface area contributed by atoms with Gasteiger partial charge in [0.15, 0.2) is 0 Å². The van der Waals surface area contributed by atoms with Gasteiger partial charge in [-0.25, -0.2) is 0 Å². The summed E-state index contributed by atoms with van der Waals surface area (Å²) in [5, 5.41) is 7.99. The second kappa shape index (κ2) is 8.55. The van der Waals surface area contributed by atoms with Crippen molar-refractivity contribution in [1.29, 1.82) is 0 Å². The van der Waals surface area contributed by atoms with E-state index in [0.717, 1.165) is 30.8 Å². The molecular weight excluding hydrogens is 394 g/mol. The van der Waals surface area contributed by atoms with Gasteiger partial charge in [-0.1, -0.05) is 0 Å². The SMILES string of the molecule is C/C(=N/S(=O)(=O)c1ccc(NC(=O)c2ccsc2C)c(C)c1)C1CCNCC1. The fourth-order valence-corrected chi connectivity index (χ4v) is 5.20. The number of piperidine rings is 1. The van der Waals surface area contributed by atoms with Crippen LogP contribution in [0.3, 0.4) is 0 Å². The van der Waals surface area contributed by atoms with Crippen LogP contribution in [0.25, 0.3) is 0 Å². The van der Waals surface area contributed by atoms with Gasteiger partial charge >= 0.3 is 0 Å². The summed E-state index contributed by atoms with van der Waals surface area (Å²) in [5.74, 6) is 0.00163. The summed E-state index contributed by atoms with van der Waals surface area (Å²) in [4.78, 5) is 13.5. The third-order valence-corrected chi connectivity index (χ3v) is 7.27. The maximum absolute atomic E-state index is 12.7. The maximum atomic E-state index is 12.7. The molecule has 1 saturated heterocycles.